The van der Waals surface area contributed by atoms with Crippen molar-refractivity contribution < 1.29 is 14.3 Å². The van der Waals surface area contributed by atoms with E-state index in [9.17, 15) is 4.79 Å². The van der Waals surface area contributed by atoms with E-state index in [1.807, 2.05) is 32.0 Å². The van der Waals surface area contributed by atoms with Crippen molar-refractivity contribution in [2.24, 2.45) is 0 Å². The van der Waals surface area contributed by atoms with Gasteiger partial charge in [-0.25, -0.2) is 4.79 Å². The maximum absolute atomic E-state index is 10.5. The van der Waals surface area contributed by atoms with Gasteiger partial charge in [-0.15, -0.1) is 0 Å². The minimum absolute atomic E-state index is 0.525. The van der Waals surface area contributed by atoms with E-state index in [-0.39, 0.29) is 0 Å². The van der Waals surface area contributed by atoms with E-state index >= 15 is 0 Å². The zero-order valence-corrected chi connectivity index (χ0v) is 12.2. The summed E-state index contributed by atoms with van der Waals surface area (Å²) in [7, 11) is 0. The molecule has 98 valence electrons. The molecule has 4 heteroatoms. The lowest BCUT2D eigenvalue weighted by Gasteiger charge is -2.07. The van der Waals surface area contributed by atoms with Crippen LogP contribution in [0.2, 0.25) is 0 Å². The number of hydrogen-bond acceptors (Lipinski definition) is 2. The summed E-state index contributed by atoms with van der Waals surface area (Å²) >= 11 is 3.49. The number of carboxylic acid groups (broad SMARTS) is 1. The number of benzene rings is 1. The number of aliphatic carboxylic acids is 1. The summed E-state index contributed by atoms with van der Waals surface area (Å²) in [6.45, 7) is 4.07. The molecule has 0 amide bonds. The summed E-state index contributed by atoms with van der Waals surface area (Å²) in [5.41, 5.74) is 3.31. The van der Waals surface area contributed by atoms with Gasteiger partial charge in [0.1, 0.15) is 11.5 Å². The molecule has 2 rings (SSSR count). The Balaban J connectivity index is 2.38. The Bertz CT molecular complexity index is 653. The number of carbonyl (C=O) groups is 1. The van der Waals surface area contributed by atoms with Gasteiger partial charge in [-0.1, -0.05) is 15.9 Å². The van der Waals surface area contributed by atoms with E-state index in [0.29, 0.717) is 5.76 Å². The molecule has 0 unspecified atom stereocenters. The molecule has 0 fully saturated rings. The topological polar surface area (TPSA) is 50.4 Å². The van der Waals surface area contributed by atoms with Crippen molar-refractivity contribution in [3.05, 3.63) is 51.7 Å². The van der Waals surface area contributed by atoms with Crippen LogP contribution < -0.4 is 0 Å². The fourth-order valence-corrected chi connectivity index (χ4v) is 2.22. The highest BCUT2D eigenvalue weighted by Crippen LogP contribution is 2.31. The standard InChI is InChI=1S/C15H13BrO3/c1-9-10(2)13(16)6-5-12(9)14-7-3-11(19-14)4-8-15(17)18/h3-8H,1-2H3,(H,17,18)/b8-4+. The highest BCUT2D eigenvalue weighted by molar-refractivity contribution is 9.10. The van der Waals surface area contributed by atoms with E-state index in [2.05, 4.69) is 15.9 Å². The van der Waals surface area contributed by atoms with E-state index in [4.69, 9.17) is 9.52 Å². The molecule has 1 aromatic heterocycles. The molecule has 2 aromatic rings. The van der Waals surface area contributed by atoms with Crippen LogP contribution in [0.25, 0.3) is 17.4 Å². The SMILES string of the molecule is Cc1c(Br)ccc(-c2ccc(/C=C/C(=O)O)o2)c1C. The van der Waals surface area contributed by atoms with Gasteiger partial charge in [-0.3, -0.25) is 0 Å². The summed E-state index contributed by atoms with van der Waals surface area (Å²) in [6.07, 6.45) is 2.50. The van der Waals surface area contributed by atoms with Crippen LogP contribution in [-0.4, -0.2) is 11.1 Å². The summed E-state index contributed by atoms with van der Waals surface area (Å²) in [4.78, 5) is 10.5. The van der Waals surface area contributed by atoms with Crippen LogP contribution >= 0.6 is 15.9 Å². The average molecular weight is 321 g/mol. The minimum Gasteiger partial charge on any atom is -0.478 e. The Morgan fingerprint density at radius 3 is 2.63 bits per heavy atom. The quantitative estimate of drug-likeness (QED) is 0.851. The second-order valence-corrected chi connectivity index (χ2v) is 5.07. The number of furan rings is 1. The minimum atomic E-state index is -0.992. The van der Waals surface area contributed by atoms with Gasteiger partial charge in [-0.05, 0) is 55.3 Å². The number of hydrogen-bond donors (Lipinski definition) is 1. The number of halogens is 1. The molecule has 0 aliphatic rings. The summed E-state index contributed by atoms with van der Waals surface area (Å²) in [6, 6.07) is 7.56. The third-order valence-corrected chi connectivity index (χ3v) is 3.86. The fourth-order valence-electron chi connectivity index (χ4n) is 1.80. The maximum atomic E-state index is 10.5. The Morgan fingerprint density at radius 1 is 1.21 bits per heavy atom. The van der Waals surface area contributed by atoms with Crippen LogP contribution in [0.3, 0.4) is 0 Å². The van der Waals surface area contributed by atoms with Gasteiger partial charge in [-0.2, -0.15) is 0 Å². The van der Waals surface area contributed by atoms with Gasteiger partial charge in [0.25, 0.3) is 0 Å². The lowest BCUT2D eigenvalue weighted by Crippen LogP contribution is -1.87. The Labute approximate surface area is 119 Å². The highest BCUT2D eigenvalue weighted by atomic mass is 79.9. The van der Waals surface area contributed by atoms with E-state index in [0.717, 1.165) is 33.0 Å². The molecule has 19 heavy (non-hydrogen) atoms. The lowest BCUT2D eigenvalue weighted by molar-refractivity contribution is -0.131. The average Bonchev–Trinajstić information content (AvgIpc) is 2.82. The van der Waals surface area contributed by atoms with Gasteiger partial charge >= 0.3 is 5.97 Å². The zero-order valence-electron chi connectivity index (χ0n) is 10.6. The van der Waals surface area contributed by atoms with Crippen molar-refractivity contribution in [3.63, 3.8) is 0 Å². The molecular formula is C15H13BrO3. The smallest absolute Gasteiger partial charge is 0.328 e. The van der Waals surface area contributed by atoms with Gasteiger partial charge in [0, 0.05) is 16.1 Å². The predicted molar refractivity (Wildman–Crippen MR) is 78.0 cm³/mol. The molecule has 0 aliphatic heterocycles. The molecule has 0 saturated heterocycles. The van der Waals surface area contributed by atoms with Gasteiger partial charge in [0.2, 0.25) is 0 Å². The Morgan fingerprint density at radius 2 is 1.95 bits per heavy atom. The van der Waals surface area contributed by atoms with Crippen molar-refractivity contribution in [1.82, 2.24) is 0 Å². The van der Waals surface area contributed by atoms with E-state index in [1.54, 1.807) is 6.07 Å². The number of rotatable bonds is 3. The first kappa shape index (κ1) is 13.6. The van der Waals surface area contributed by atoms with Crippen molar-refractivity contribution in [3.8, 4) is 11.3 Å². The molecule has 0 aliphatic carbocycles. The number of carboxylic acids is 1. The van der Waals surface area contributed by atoms with Gasteiger partial charge < -0.3 is 9.52 Å². The van der Waals surface area contributed by atoms with Crippen LogP contribution in [0.15, 0.2) is 39.2 Å². The van der Waals surface area contributed by atoms with E-state index < -0.39 is 5.97 Å². The van der Waals surface area contributed by atoms with E-state index in [1.165, 1.54) is 6.08 Å². The first-order chi connectivity index (χ1) is 8.99. The van der Waals surface area contributed by atoms with Crippen LogP contribution in [0, 0.1) is 13.8 Å². The van der Waals surface area contributed by atoms with Crippen LogP contribution in [0.1, 0.15) is 16.9 Å². The normalized spacial score (nSPS) is 11.1. The van der Waals surface area contributed by atoms with Gasteiger partial charge in [0.15, 0.2) is 0 Å². The van der Waals surface area contributed by atoms with Crippen molar-refractivity contribution in [2.75, 3.05) is 0 Å². The first-order valence-electron chi connectivity index (χ1n) is 5.76. The molecule has 0 radical (unpaired) electrons. The second-order valence-electron chi connectivity index (χ2n) is 4.22. The molecular weight excluding hydrogens is 308 g/mol. The zero-order chi connectivity index (χ0) is 14.0. The molecule has 1 aromatic carbocycles. The molecule has 1 N–H and O–H groups in total. The van der Waals surface area contributed by atoms with Crippen molar-refractivity contribution in [1.29, 1.82) is 0 Å². The van der Waals surface area contributed by atoms with Gasteiger partial charge in [0.05, 0.1) is 0 Å². The van der Waals surface area contributed by atoms with Crippen molar-refractivity contribution in [2.45, 2.75) is 13.8 Å². The third-order valence-electron chi connectivity index (χ3n) is 3.00. The third kappa shape index (κ3) is 2.96. The lowest BCUT2D eigenvalue weighted by atomic mass is 10.0. The summed E-state index contributed by atoms with van der Waals surface area (Å²) in [5.74, 6) is 0.268. The molecule has 0 spiro atoms. The summed E-state index contributed by atoms with van der Waals surface area (Å²) < 4.78 is 6.69. The highest BCUT2D eigenvalue weighted by Gasteiger charge is 2.10. The Hall–Kier alpha value is -1.81. The van der Waals surface area contributed by atoms with Crippen LogP contribution in [0.4, 0.5) is 0 Å². The van der Waals surface area contributed by atoms with Crippen LogP contribution in [0.5, 0.6) is 0 Å². The Kier molecular flexibility index (Phi) is 3.90. The fraction of sp³-hybridized carbons (Fsp3) is 0.133. The predicted octanol–water partition coefficient (Wildman–Crippen LogP) is 4.42. The molecule has 0 saturated carbocycles. The van der Waals surface area contributed by atoms with Crippen molar-refractivity contribution >= 4 is 28.0 Å². The maximum Gasteiger partial charge on any atom is 0.328 e. The first-order valence-corrected chi connectivity index (χ1v) is 6.55. The molecule has 1 heterocycles. The second kappa shape index (κ2) is 5.45. The largest absolute Gasteiger partial charge is 0.478 e. The monoisotopic (exact) mass is 320 g/mol. The summed E-state index contributed by atoms with van der Waals surface area (Å²) in [5, 5.41) is 8.58. The molecule has 0 atom stereocenters. The molecule has 0 bridgehead atoms. The molecule has 3 nitrogen and oxygen atoms in total. The van der Waals surface area contributed by atoms with Crippen LogP contribution in [-0.2, 0) is 4.79 Å².